The molecule has 1 N–H and O–H groups in total. The fraction of sp³-hybridized carbons (Fsp3) is 0.400. The van der Waals surface area contributed by atoms with Crippen molar-refractivity contribution >= 4 is 23.5 Å². The molecule has 0 spiro atoms. The number of imide groups is 1. The summed E-state index contributed by atoms with van der Waals surface area (Å²) < 4.78 is 26.9. The van der Waals surface area contributed by atoms with Gasteiger partial charge in [0.25, 0.3) is 0 Å². The van der Waals surface area contributed by atoms with E-state index < -0.39 is 23.4 Å². The summed E-state index contributed by atoms with van der Waals surface area (Å²) in [7, 11) is 0. The molecule has 6 nitrogen and oxygen atoms in total. The number of anilines is 1. The first-order valence-corrected chi connectivity index (χ1v) is 7.29. The molecule has 3 rings (SSSR count). The van der Waals surface area contributed by atoms with Crippen LogP contribution in [0.5, 0.6) is 0 Å². The minimum absolute atomic E-state index is 0.00258. The monoisotopic (exact) mass is 323 g/mol. The summed E-state index contributed by atoms with van der Waals surface area (Å²) in [5, 5.41) is 2.20. The van der Waals surface area contributed by atoms with Crippen molar-refractivity contribution in [1.29, 1.82) is 0 Å². The highest BCUT2D eigenvalue weighted by atomic mass is 19.1. The van der Waals surface area contributed by atoms with Crippen LogP contribution >= 0.6 is 0 Å². The summed E-state index contributed by atoms with van der Waals surface area (Å²) in [6.45, 7) is 0.952. The van der Waals surface area contributed by atoms with Gasteiger partial charge >= 0.3 is 6.03 Å². The van der Waals surface area contributed by atoms with Crippen LogP contribution < -0.4 is 5.32 Å². The molecule has 2 heterocycles. The number of nitrogens with one attached hydrogen (secondary N) is 1. The Morgan fingerprint density at radius 3 is 2.26 bits per heavy atom. The SMILES string of the molecule is O=C(Nc1c(F)cccc1F)N1CC(CN2C(=O)CCC2=O)C1. The van der Waals surface area contributed by atoms with Gasteiger partial charge in [0.05, 0.1) is 0 Å². The number of rotatable bonds is 3. The molecule has 0 atom stereocenters. The van der Waals surface area contributed by atoms with E-state index in [2.05, 4.69) is 5.32 Å². The Hall–Kier alpha value is -2.51. The van der Waals surface area contributed by atoms with Crippen LogP contribution in [0.15, 0.2) is 18.2 Å². The highest BCUT2D eigenvalue weighted by Crippen LogP contribution is 2.23. The lowest BCUT2D eigenvalue weighted by molar-refractivity contribution is -0.139. The van der Waals surface area contributed by atoms with Crippen molar-refractivity contribution in [1.82, 2.24) is 9.80 Å². The topological polar surface area (TPSA) is 69.7 Å². The summed E-state index contributed by atoms with van der Waals surface area (Å²) >= 11 is 0. The molecule has 1 aromatic rings. The largest absolute Gasteiger partial charge is 0.324 e. The van der Waals surface area contributed by atoms with Crippen molar-refractivity contribution in [2.24, 2.45) is 5.92 Å². The number of carbonyl (C=O) groups is 3. The molecule has 2 saturated heterocycles. The summed E-state index contributed by atoms with van der Waals surface area (Å²) in [5.74, 6) is -2.07. The number of nitrogens with zero attached hydrogens (tertiary/aromatic N) is 2. The number of hydrogen-bond acceptors (Lipinski definition) is 3. The third-order valence-electron chi connectivity index (χ3n) is 4.03. The summed E-state index contributed by atoms with van der Waals surface area (Å²) in [6.07, 6.45) is 0.477. The van der Waals surface area contributed by atoms with Gasteiger partial charge in [-0.1, -0.05) is 6.07 Å². The lowest BCUT2D eigenvalue weighted by atomic mass is 10.00. The Labute approximate surface area is 131 Å². The van der Waals surface area contributed by atoms with Crippen molar-refractivity contribution in [2.45, 2.75) is 12.8 Å². The average Bonchev–Trinajstić information content (AvgIpc) is 2.77. The first-order valence-electron chi connectivity index (χ1n) is 7.29. The van der Waals surface area contributed by atoms with Crippen LogP contribution in [0.3, 0.4) is 0 Å². The number of para-hydroxylation sites is 1. The first kappa shape index (κ1) is 15.4. The van der Waals surface area contributed by atoms with Gasteiger partial charge in [-0.2, -0.15) is 0 Å². The van der Waals surface area contributed by atoms with Crippen LogP contribution in [0.25, 0.3) is 0 Å². The molecule has 0 bridgehead atoms. The third-order valence-corrected chi connectivity index (χ3v) is 4.03. The van der Waals surface area contributed by atoms with Crippen LogP contribution in [0.4, 0.5) is 19.3 Å². The van der Waals surface area contributed by atoms with Gasteiger partial charge in [0.1, 0.15) is 17.3 Å². The number of carbonyl (C=O) groups excluding carboxylic acids is 3. The van der Waals surface area contributed by atoms with E-state index in [1.54, 1.807) is 0 Å². The van der Waals surface area contributed by atoms with Crippen LogP contribution in [0.2, 0.25) is 0 Å². The van der Waals surface area contributed by atoms with Gasteiger partial charge in [-0.15, -0.1) is 0 Å². The number of halogens is 2. The van der Waals surface area contributed by atoms with E-state index in [1.807, 2.05) is 0 Å². The van der Waals surface area contributed by atoms with E-state index in [1.165, 1.54) is 15.9 Å². The zero-order valence-corrected chi connectivity index (χ0v) is 12.2. The molecule has 122 valence electrons. The Balaban J connectivity index is 1.52. The van der Waals surface area contributed by atoms with E-state index in [0.717, 1.165) is 12.1 Å². The van der Waals surface area contributed by atoms with Crippen molar-refractivity contribution in [3.05, 3.63) is 29.8 Å². The molecule has 0 radical (unpaired) electrons. The standard InChI is InChI=1S/C15H15F2N3O3/c16-10-2-1-3-11(17)14(10)18-15(23)19-6-9(7-19)8-20-12(21)4-5-13(20)22/h1-3,9H,4-8H2,(H,18,23). The summed E-state index contributed by atoms with van der Waals surface area (Å²) in [4.78, 5) is 37.6. The van der Waals surface area contributed by atoms with Crippen LogP contribution in [0.1, 0.15) is 12.8 Å². The van der Waals surface area contributed by atoms with E-state index in [-0.39, 0.29) is 37.1 Å². The predicted molar refractivity (Wildman–Crippen MR) is 76.4 cm³/mol. The Kier molecular flexibility index (Phi) is 3.97. The molecule has 1 aromatic carbocycles. The quantitative estimate of drug-likeness (QED) is 0.859. The second-order valence-electron chi connectivity index (χ2n) is 5.70. The average molecular weight is 323 g/mol. The molecule has 8 heteroatoms. The van der Waals surface area contributed by atoms with Gasteiger partial charge in [-0.25, -0.2) is 13.6 Å². The van der Waals surface area contributed by atoms with Crippen molar-refractivity contribution in [3.8, 4) is 0 Å². The lowest BCUT2D eigenvalue weighted by Crippen LogP contribution is -2.55. The van der Waals surface area contributed by atoms with E-state index in [9.17, 15) is 23.2 Å². The predicted octanol–water partition coefficient (Wildman–Crippen LogP) is 1.58. The molecular weight excluding hydrogens is 308 g/mol. The zero-order chi connectivity index (χ0) is 16.6. The molecule has 0 unspecified atom stereocenters. The van der Waals surface area contributed by atoms with Gasteiger partial charge in [0.2, 0.25) is 11.8 Å². The maximum atomic E-state index is 13.5. The molecule has 2 aliphatic rings. The molecule has 2 fully saturated rings. The summed E-state index contributed by atoms with van der Waals surface area (Å²) in [6, 6.07) is 2.72. The Bertz CT molecular complexity index is 638. The van der Waals surface area contributed by atoms with Crippen molar-refractivity contribution in [2.75, 3.05) is 25.0 Å². The maximum absolute atomic E-state index is 13.5. The van der Waals surface area contributed by atoms with Gasteiger partial charge in [0.15, 0.2) is 0 Å². The number of amides is 4. The minimum atomic E-state index is -0.844. The van der Waals surface area contributed by atoms with Crippen molar-refractivity contribution in [3.63, 3.8) is 0 Å². The van der Waals surface area contributed by atoms with Gasteiger partial charge < -0.3 is 10.2 Å². The van der Waals surface area contributed by atoms with Crippen LogP contribution in [0, 0.1) is 17.6 Å². The minimum Gasteiger partial charge on any atom is -0.324 e. The molecule has 23 heavy (non-hydrogen) atoms. The molecule has 4 amide bonds. The highest BCUT2D eigenvalue weighted by molar-refractivity contribution is 6.02. The second-order valence-corrected chi connectivity index (χ2v) is 5.70. The Morgan fingerprint density at radius 2 is 1.70 bits per heavy atom. The van der Waals surface area contributed by atoms with E-state index in [0.29, 0.717) is 13.1 Å². The zero-order valence-electron chi connectivity index (χ0n) is 12.2. The van der Waals surface area contributed by atoms with E-state index in [4.69, 9.17) is 0 Å². The van der Waals surface area contributed by atoms with Crippen molar-refractivity contribution < 1.29 is 23.2 Å². The second kappa shape index (κ2) is 5.94. The molecule has 0 aliphatic carbocycles. The number of urea groups is 1. The summed E-state index contributed by atoms with van der Waals surface area (Å²) in [5.41, 5.74) is -0.481. The number of likely N-dealkylation sites (tertiary alicyclic amines) is 2. The fourth-order valence-corrected chi connectivity index (χ4v) is 2.74. The molecule has 0 aromatic heterocycles. The fourth-order valence-electron chi connectivity index (χ4n) is 2.74. The number of benzene rings is 1. The van der Waals surface area contributed by atoms with Gasteiger partial charge in [-0.3, -0.25) is 14.5 Å². The molecule has 2 aliphatic heterocycles. The molecular formula is C15H15F2N3O3. The third kappa shape index (κ3) is 3.01. The van der Waals surface area contributed by atoms with Crippen LogP contribution in [-0.4, -0.2) is 47.3 Å². The molecule has 0 saturated carbocycles. The van der Waals surface area contributed by atoms with Gasteiger partial charge in [-0.05, 0) is 12.1 Å². The highest BCUT2D eigenvalue weighted by Gasteiger charge is 2.37. The maximum Gasteiger partial charge on any atom is 0.322 e. The van der Waals surface area contributed by atoms with Crippen LogP contribution in [-0.2, 0) is 9.59 Å². The number of hydrogen-bond donors (Lipinski definition) is 1. The van der Waals surface area contributed by atoms with E-state index >= 15 is 0 Å². The Morgan fingerprint density at radius 1 is 1.13 bits per heavy atom. The first-order chi connectivity index (χ1) is 11.0. The smallest absolute Gasteiger partial charge is 0.322 e. The normalized spacial score (nSPS) is 18.3. The van der Waals surface area contributed by atoms with Gasteiger partial charge in [0, 0.05) is 38.4 Å². The lowest BCUT2D eigenvalue weighted by Gasteiger charge is -2.40.